The molecular formula is C14H11ClF2OS. The second-order valence-electron chi connectivity index (χ2n) is 3.93. The molecule has 1 atom stereocenters. The lowest BCUT2D eigenvalue weighted by Gasteiger charge is -2.22. The highest BCUT2D eigenvalue weighted by Crippen LogP contribution is 2.44. The first kappa shape index (κ1) is 14.3. The van der Waals surface area contributed by atoms with Gasteiger partial charge in [-0.05, 0) is 41.6 Å². The highest BCUT2D eigenvalue weighted by Gasteiger charge is 2.40. The van der Waals surface area contributed by atoms with Crippen LogP contribution in [0.25, 0.3) is 0 Å². The fourth-order valence-corrected chi connectivity index (χ4v) is 2.52. The van der Waals surface area contributed by atoms with Crippen molar-refractivity contribution in [2.24, 2.45) is 0 Å². The van der Waals surface area contributed by atoms with Crippen LogP contribution in [0.2, 0.25) is 5.02 Å². The summed E-state index contributed by atoms with van der Waals surface area (Å²) in [5, 5.41) is 6.92. The lowest BCUT2D eigenvalue weighted by Crippen LogP contribution is -2.22. The summed E-state index contributed by atoms with van der Waals surface area (Å²) >= 11 is 6.02. The maximum absolute atomic E-state index is 14.0. The number of aliphatic hydroxyl groups is 1. The second kappa shape index (κ2) is 5.90. The minimum Gasteiger partial charge on any atom is -0.381 e. The fraction of sp³-hybridized carbons (Fsp3) is 0.143. The van der Waals surface area contributed by atoms with Gasteiger partial charge in [-0.25, -0.2) is 0 Å². The zero-order chi connectivity index (χ0) is 13.9. The Labute approximate surface area is 119 Å². The Hall–Kier alpha value is -1.10. The first-order valence-electron chi connectivity index (χ1n) is 5.54. The third-order valence-electron chi connectivity index (χ3n) is 2.50. The topological polar surface area (TPSA) is 20.2 Å². The average molecular weight is 301 g/mol. The molecule has 0 aliphatic rings. The molecule has 0 heterocycles. The summed E-state index contributed by atoms with van der Waals surface area (Å²) < 4.78 is 27.9. The molecule has 1 unspecified atom stereocenters. The number of halogens is 3. The van der Waals surface area contributed by atoms with Crippen LogP contribution in [0.5, 0.6) is 0 Å². The lowest BCUT2D eigenvalue weighted by molar-refractivity contribution is -0.0355. The second-order valence-corrected chi connectivity index (χ2v) is 5.59. The van der Waals surface area contributed by atoms with Gasteiger partial charge in [0.25, 0.3) is 0 Å². The molecule has 0 aromatic heterocycles. The quantitative estimate of drug-likeness (QED) is 0.822. The SMILES string of the molecule is OC(c1ccc(Cl)cc1)C(F)(F)Sc1ccccc1. The fourth-order valence-electron chi connectivity index (χ4n) is 1.54. The van der Waals surface area contributed by atoms with Crippen molar-refractivity contribution < 1.29 is 13.9 Å². The summed E-state index contributed by atoms with van der Waals surface area (Å²) in [6, 6.07) is 14.0. The van der Waals surface area contributed by atoms with E-state index in [1.54, 1.807) is 30.3 Å². The molecule has 0 amide bonds. The van der Waals surface area contributed by atoms with Crippen LogP contribution in [0.15, 0.2) is 59.5 Å². The lowest BCUT2D eigenvalue weighted by atomic mass is 10.1. The zero-order valence-electron chi connectivity index (χ0n) is 9.76. The molecule has 1 nitrogen and oxygen atoms in total. The number of hydrogen-bond acceptors (Lipinski definition) is 2. The maximum atomic E-state index is 14.0. The maximum Gasteiger partial charge on any atom is 0.327 e. The molecule has 100 valence electrons. The molecule has 0 aliphatic heterocycles. The van der Waals surface area contributed by atoms with Gasteiger partial charge in [-0.1, -0.05) is 41.9 Å². The van der Waals surface area contributed by atoms with Gasteiger partial charge in [0.05, 0.1) is 0 Å². The van der Waals surface area contributed by atoms with E-state index in [0.717, 1.165) is 0 Å². The molecular weight excluding hydrogens is 290 g/mol. The normalized spacial score (nSPS) is 13.3. The monoisotopic (exact) mass is 300 g/mol. The number of benzene rings is 2. The first-order valence-corrected chi connectivity index (χ1v) is 6.74. The molecule has 2 rings (SSSR count). The number of hydrogen-bond donors (Lipinski definition) is 1. The molecule has 0 saturated heterocycles. The molecule has 1 N–H and O–H groups in total. The van der Waals surface area contributed by atoms with E-state index < -0.39 is 11.4 Å². The summed E-state index contributed by atoms with van der Waals surface area (Å²) in [7, 11) is 0. The zero-order valence-corrected chi connectivity index (χ0v) is 11.3. The molecule has 0 bridgehead atoms. The van der Waals surface area contributed by atoms with E-state index in [9.17, 15) is 13.9 Å². The molecule has 0 spiro atoms. The summed E-state index contributed by atoms with van der Waals surface area (Å²) in [6.07, 6.45) is -1.88. The first-order chi connectivity index (χ1) is 8.99. The van der Waals surface area contributed by atoms with Crippen molar-refractivity contribution >= 4 is 23.4 Å². The van der Waals surface area contributed by atoms with Gasteiger partial charge < -0.3 is 5.11 Å². The van der Waals surface area contributed by atoms with Gasteiger partial charge in [0.2, 0.25) is 0 Å². The molecule has 2 aromatic carbocycles. The molecule has 19 heavy (non-hydrogen) atoms. The molecule has 0 saturated carbocycles. The van der Waals surface area contributed by atoms with E-state index in [1.807, 2.05) is 0 Å². The van der Waals surface area contributed by atoms with Gasteiger partial charge in [0.1, 0.15) is 0 Å². The largest absolute Gasteiger partial charge is 0.381 e. The minimum atomic E-state index is -3.31. The summed E-state index contributed by atoms with van der Waals surface area (Å²) in [5.74, 6) is 0. The minimum absolute atomic E-state index is 0.137. The highest BCUT2D eigenvalue weighted by atomic mass is 35.5. The number of alkyl halides is 2. The molecule has 0 fully saturated rings. The van der Waals surface area contributed by atoms with E-state index >= 15 is 0 Å². The number of aliphatic hydroxyl groups excluding tert-OH is 1. The standard InChI is InChI=1S/C14H11ClF2OS/c15-11-8-6-10(7-9-11)13(18)14(16,17)19-12-4-2-1-3-5-12/h1-9,13,18H. The van der Waals surface area contributed by atoms with Crippen LogP contribution in [-0.2, 0) is 0 Å². The van der Waals surface area contributed by atoms with Crippen molar-refractivity contribution in [2.75, 3.05) is 0 Å². The van der Waals surface area contributed by atoms with E-state index in [0.29, 0.717) is 21.7 Å². The Morgan fingerprint density at radius 2 is 1.58 bits per heavy atom. The third-order valence-corrected chi connectivity index (χ3v) is 3.76. The van der Waals surface area contributed by atoms with Crippen molar-refractivity contribution in [1.82, 2.24) is 0 Å². The van der Waals surface area contributed by atoms with Crippen LogP contribution in [0.4, 0.5) is 8.78 Å². The van der Waals surface area contributed by atoms with Crippen LogP contribution < -0.4 is 0 Å². The van der Waals surface area contributed by atoms with Crippen molar-refractivity contribution in [2.45, 2.75) is 16.3 Å². The van der Waals surface area contributed by atoms with Crippen molar-refractivity contribution in [3.63, 3.8) is 0 Å². The Kier molecular flexibility index (Phi) is 4.45. The van der Waals surface area contributed by atoms with Gasteiger partial charge in [-0.2, -0.15) is 8.78 Å². The van der Waals surface area contributed by atoms with E-state index in [2.05, 4.69) is 0 Å². The van der Waals surface area contributed by atoms with Gasteiger partial charge >= 0.3 is 5.25 Å². The van der Waals surface area contributed by atoms with E-state index in [4.69, 9.17) is 11.6 Å². The van der Waals surface area contributed by atoms with Crippen LogP contribution in [0.3, 0.4) is 0 Å². The average Bonchev–Trinajstić information content (AvgIpc) is 2.39. The van der Waals surface area contributed by atoms with Gasteiger partial charge in [-0.15, -0.1) is 0 Å². The van der Waals surface area contributed by atoms with Crippen molar-refractivity contribution in [3.8, 4) is 0 Å². The Morgan fingerprint density at radius 3 is 2.16 bits per heavy atom. The molecule has 0 aliphatic carbocycles. The van der Waals surface area contributed by atoms with Crippen LogP contribution in [0.1, 0.15) is 11.7 Å². The van der Waals surface area contributed by atoms with Gasteiger partial charge in [-0.3, -0.25) is 0 Å². The summed E-state index contributed by atoms with van der Waals surface area (Å²) in [6.45, 7) is 0. The van der Waals surface area contributed by atoms with Crippen molar-refractivity contribution in [1.29, 1.82) is 0 Å². The smallest absolute Gasteiger partial charge is 0.327 e. The van der Waals surface area contributed by atoms with E-state index in [-0.39, 0.29) is 5.56 Å². The Bertz CT molecular complexity index is 531. The predicted molar refractivity (Wildman–Crippen MR) is 73.7 cm³/mol. The molecule has 2 aromatic rings. The van der Waals surface area contributed by atoms with Crippen LogP contribution in [-0.4, -0.2) is 10.4 Å². The predicted octanol–water partition coefficient (Wildman–Crippen LogP) is 4.76. The molecule has 5 heteroatoms. The van der Waals surface area contributed by atoms with Gasteiger partial charge in [0, 0.05) is 9.92 Å². The Balaban J connectivity index is 2.16. The molecule has 0 radical (unpaired) electrons. The van der Waals surface area contributed by atoms with Gasteiger partial charge in [0.15, 0.2) is 6.10 Å². The van der Waals surface area contributed by atoms with Crippen LogP contribution >= 0.6 is 23.4 Å². The van der Waals surface area contributed by atoms with Crippen LogP contribution in [0, 0.1) is 0 Å². The third kappa shape index (κ3) is 3.69. The number of thioether (sulfide) groups is 1. The Morgan fingerprint density at radius 1 is 1.00 bits per heavy atom. The highest BCUT2D eigenvalue weighted by molar-refractivity contribution is 8.00. The van der Waals surface area contributed by atoms with E-state index in [1.165, 1.54) is 24.3 Å². The number of rotatable bonds is 4. The summed E-state index contributed by atoms with van der Waals surface area (Å²) in [5.41, 5.74) is 0.137. The van der Waals surface area contributed by atoms with Crippen molar-refractivity contribution in [3.05, 3.63) is 65.2 Å². The summed E-state index contributed by atoms with van der Waals surface area (Å²) in [4.78, 5) is 0.403.